The maximum atomic E-state index is 12.1. The van der Waals surface area contributed by atoms with Crippen LogP contribution >= 0.6 is 0 Å². The summed E-state index contributed by atoms with van der Waals surface area (Å²) in [7, 11) is 1.62. The molecular weight excluding hydrogens is 370 g/mol. The van der Waals surface area contributed by atoms with Crippen LogP contribution in [0.1, 0.15) is 19.3 Å². The summed E-state index contributed by atoms with van der Waals surface area (Å²) in [5, 5.41) is 14.4. The fourth-order valence-corrected chi connectivity index (χ4v) is 3.51. The van der Waals surface area contributed by atoms with Crippen LogP contribution < -0.4 is 15.4 Å². The minimum atomic E-state index is -0.0453. The Balaban J connectivity index is 1.49. The van der Waals surface area contributed by atoms with Crippen molar-refractivity contribution in [3.05, 3.63) is 30.5 Å². The highest BCUT2D eigenvalue weighted by Crippen LogP contribution is 2.28. The standard InChI is InChI=1S/C20H21N7O2/c1-3-10-21-19(28)13-4-5-14(11-13)23-20-22-12-17-18(24-20)27(26-25-17)15-6-8-16(29-2)9-7-15/h1,6-9,12-14H,4-5,10-11H2,2H3,(H,21,28)(H,22,23,24)/t13-,14+/m0/s1. The van der Waals surface area contributed by atoms with Gasteiger partial charge < -0.3 is 15.4 Å². The number of hydrogen-bond acceptors (Lipinski definition) is 7. The van der Waals surface area contributed by atoms with Gasteiger partial charge in [0.25, 0.3) is 0 Å². The number of benzene rings is 1. The smallest absolute Gasteiger partial charge is 0.225 e. The average molecular weight is 391 g/mol. The number of anilines is 1. The predicted octanol–water partition coefficient (Wildman–Crippen LogP) is 1.55. The molecule has 0 radical (unpaired) electrons. The van der Waals surface area contributed by atoms with Gasteiger partial charge in [0.15, 0.2) is 11.2 Å². The first-order valence-electron chi connectivity index (χ1n) is 9.38. The van der Waals surface area contributed by atoms with E-state index >= 15 is 0 Å². The van der Waals surface area contributed by atoms with Crippen LogP contribution in [0.2, 0.25) is 0 Å². The van der Waals surface area contributed by atoms with Crippen LogP contribution in [0.25, 0.3) is 16.9 Å². The number of rotatable bonds is 6. The van der Waals surface area contributed by atoms with Crippen molar-refractivity contribution in [3.63, 3.8) is 0 Å². The number of methoxy groups -OCH3 is 1. The zero-order chi connectivity index (χ0) is 20.2. The molecule has 0 unspecified atom stereocenters. The predicted molar refractivity (Wildman–Crippen MR) is 108 cm³/mol. The summed E-state index contributed by atoms with van der Waals surface area (Å²) in [5.74, 6) is 3.64. The third-order valence-electron chi connectivity index (χ3n) is 5.01. The molecule has 9 heteroatoms. The van der Waals surface area contributed by atoms with Crippen LogP contribution in [0.3, 0.4) is 0 Å². The molecule has 1 saturated carbocycles. The molecule has 1 aliphatic rings. The average Bonchev–Trinajstić information content (AvgIpc) is 3.39. The summed E-state index contributed by atoms with van der Waals surface area (Å²) < 4.78 is 6.85. The largest absolute Gasteiger partial charge is 0.497 e. The SMILES string of the molecule is C#CCNC(=O)[C@H]1CC[C@@H](Nc2ncc3nnn(-c4ccc(OC)cc4)c3n2)C1. The lowest BCUT2D eigenvalue weighted by Gasteiger charge is -2.13. The highest BCUT2D eigenvalue weighted by Gasteiger charge is 2.30. The number of fused-ring (bicyclic) bond motifs is 1. The molecule has 148 valence electrons. The number of ether oxygens (including phenoxy) is 1. The van der Waals surface area contributed by atoms with Crippen LogP contribution in [0, 0.1) is 18.3 Å². The third-order valence-corrected chi connectivity index (χ3v) is 5.01. The molecule has 0 spiro atoms. The van der Waals surface area contributed by atoms with Crippen molar-refractivity contribution in [1.29, 1.82) is 0 Å². The first kappa shape index (κ1) is 18.7. The number of aromatic nitrogens is 5. The molecule has 1 aliphatic carbocycles. The van der Waals surface area contributed by atoms with Crippen molar-refractivity contribution in [2.75, 3.05) is 19.0 Å². The van der Waals surface area contributed by atoms with Crippen LogP contribution in [0.15, 0.2) is 30.5 Å². The number of terminal acetylenes is 1. The van der Waals surface area contributed by atoms with Gasteiger partial charge in [-0.25, -0.2) is 4.98 Å². The molecule has 2 N–H and O–H groups in total. The molecular formula is C20H21N7O2. The molecule has 9 nitrogen and oxygen atoms in total. The molecule has 1 fully saturated rings. The highest BCUT2D eigenvalue weighted by molar-refractivity contribution is 5.79. The Morgan fingerprint density at radius 2 is 2.17 bits per heavy atom. The summed E-state index contributed by atoms with van der Waals surface area (Å²) in [6.45, 7) is 0.259. The number of nitrogens with one attached hydrogen (secondary N) is 2. The molecule has 0 saturated heterocycles. The zero-order valence-corrected chi connectivity index (χ0v) is 16.0. The van der Waals surface area contributed by atoms with Crippen molar-refractivity contribution in [2.24, 2.45) is 5.92 Å². The second-order valence-corrected chi connectivity index (χ2v) is 6.87. The summed E-state index contributed by atoms with van der Waals surface area (Å²) in [4.78, 5) is 21.0. The van der Waals surface area contributed by atoms with Crippen molar-refractivity contribution in [3.8, 4) is 23.8 Å². The maximum Gasteiger partial charge on any atom is 0.225 e. The van der Waals surface area contributed by atoms with E-state index in [1.54, 1.807) is 18.0 Å². The van der Waals surface area contributed by atoms with Gasteiger partial charge in [-0.2, -0.15) is 9.67 Å². The summed E-state index contributed by atoms with van der Waals surface area (Å²) in [6.07, 6.45) is 9.23. The van der Waals surface area contributed by atoms with E-state index in [0.29, 0.717) is 23.5 Å². The van der Waals surface area contributed by atoms with Gasteiger partial charge in [0.05, 0.1) is 25.5 Å². The van der Waals surface area contributed by atoms with E-state index in [1.807, 2.05) is 24.3 Å². The molecule has 1 amide bonds. The van der Waals surface area contributed by atoms with E-state index in [1.165, 1.54) is 0 Å². The maximum absolute atomic E-state index is 12.1. The lowest BCUT2D eigenvalue weighted by Crippen LogP contribution is -2.30. The summed E-state index contributed by atoms with van der Waals surface area (Å²) in [5.41, 5.74) is 2.03. The van der Waals surface area contributed by atoms with Crippen molar-refractivity contribution in [2.45, 2.75) is 25.3 Å². The molecule has 3 aromatic rings. The van der Waals surface area contributed by atoms with E-state index in [-0.39, 0.29) is 24.4 Å². The van der Waals surface area contributed by atoms with E-state index in [0.717, 1.165) is 24.3 Å². The summed E-state index contributed by atoms with van der Waals surface area (Å²) in [6, 6.07) is 7.61. The van der Waals surface area contributed by atoms with Gasteiger partial charge in [0.1, 0.15) is 5.75 Å². The van der Waals surface area contributed by atoms with Gasteiger partial charge in [-0.3, -0.25) is 4.79 Å². The van der Waals surface area contributed by atoms with E-state index in [4.69, 9.17) is 11.2 Å². The molecule has 2 aromatic heterocycles. The van der Waals surface area contributed by atoms with Crippen molar-refractivity contribution < 1.29 is 9.53 Å². The van der Waals surface area contributed by atoms with E-state index in [2.05, 4.69) is 36.8 Å². The Labute approximate surface area is 167 Å². The van der Waals surface area contributed by atoms with Crippen LogP contribution in [0.5, 0.6) is 5.75 Å². The van der Waals surface area contributed by atoms with Gasteiger partial charge in [-0.05, 0) is 43.5 Å². The Hall–Kier alpha value is -3.67. The number of nitrogens with zero attached hydrogens (tertiary/aromatic N) is 5. The fraction of sp³-hybridized carbons (Fsp3) is 0.350. The number of amides is 1. The van der Waals surface area contributed by atoms with Crippen LogP contribution in [-0.4, -0.2) is 50.6 Å². The van der Waals surface area contributed by atoms with Crippen molar-refractivity contribution in [1.82, 2.24) is 30.3 Å². The first-order chi connectivity index (χ1) is 14.2. The molecule has 2 atom stereocenters. The normalized spacial score (nSPS) is 18.3. The lowest BCUT2D eigenvalue weighted by atomic mass is 10.1. The minimum absolute atomic E-state index is 0.00500. The lowest BCUT2D eigenvalue weighted by molar-refractivity contribution is -0.124. The molecule has 0 aliphatic heterocycles. The van der Waals surface area contributed by atoms with Gasteiger partial charge in [0, 0.05) is 12.0 Å². The topological polar surface area (TPSA) is 107 Å². The van der Waals surface area contributed by atoms with Crippen LogP contribution in [-0.2, 0) is 4.79 Å². The molecule has 0 bridgehead atoms. The van der Waals surface area contributed by atoms with Gasteiger partial charge in [-0.1, -0.05) is 11.1 Å². The number of carbonyl (C=O) groups excluding carboxylic acids is 1. The Morgan fingerprint density at radius 1 is 1.34 bits per heavy atom. The molecule has 2 heterocycles. The Kier molecular flexibility index (Phi) is 5.24. The molecule has 1 aromatic carbocycles. The Morgan fingerprint density at radius 3 is 2.93 bits per heavy atom. The highest BCUT2D eigenvalue weighted by atomic mass is 16.5. The second-order valence-electron chi connectivity index (χ2n) is 6.87. The quantitative estimate of drug-likeness (QED) is 0.614. The van der Waals surface area contributed by atoms with Crippen molar-refractivity contribution >= 4 is 23.0 Å². The van der Waals surface area contributed by atoms with E-state index in [9.17, 15) is 4.79 Å². The molecule has 4 rings (SSSR count). The Bertz CT molecular complexity index is 1050. The monoisotopic (exact) mass is 391 g/mol. The van der Waals surface area contributed by atoms with Gasteiger partial charge in [-0.15, -0.1) is 11.5 Å². The van der Waals surface area contributed by atoms with Gasteiger partial charge >= 0.3 is 0 Å². The fourth-order valence-electron chi connectivity index (χ4n) is 3.51. The van der Waals surface area contributed by atoms with E-state index < -0.39 is 0 Å². The molecule has 29 heavy (non-hydrogen) atoms. The van der Waals surface area contributed by atoms with Crippen LogP contribution in [0.4, 0.5) is 5.95 Å². The number of carbonyl (C=O) groups is 1. The first-order valence-corrected chi connectivity index (χ1v) is 9.38. The second kappa shape index (κ2) is 8.14. The number of hydrogen-bond donors (Lipinski definition) is 2. The summed E-state index contributed by atoms with van der Waals surface area (Å²) >= 11 is 0. The third kappa shape index (κ3) is 3.96. The van der Waals surface area contributed by atoms with Gasteiger partial charge in [0.2, 0.25) is 11.9 Å². The zero-order valence-electron chi connectivity index (χ0n) is 16.0. The minimum Gasteiger partial charge on any atom is -0.497 e.